The lowest BCUT2D eigenvalue weighted by Crippen LogP contribution is -2.41. The van der Waals surface area contributed by atoms with E-state index in [9.17, 15) is 14.4 Å². The molecule has 4 N–H and O–H groups in total. The molecular formula is C18H26N4O3. The monoisotopic (exact) mass is 346 g/mol. The van der Waals surface area contributed by atoms with Crippen LogP contribution in [0.25, 0.3) is 0 Å². The van der Waals surface area contributed by atoms with Crippen LogP contribution < -0.4 is 16.4 Å². The molecule has 0 aliphatic carbocycles. The average Bonchev–Trinajstić information content (AvgIpc) is 2.59. The van der Waals surface area contributed by atoms with Crippen molar-refractivity contribution in [3.8, 4) is 0 Å². The number of likely N-dealkylation sites (tertiary alicyclic amines) is 1. The molecule has 2 rings (SSSR count). The molecule has 25 heavy (non-hydrogen) atoms. The summed E-state index contributed by atoms with van der Waals surface area (Å²) < 4.78 is 0. The van der Waals surface area contributed by atoms with Crippen LogP contribution in [0.1, 0.15) is 42.6 Å². The van der Waals surface area contributed by atoms with Gasteiger partial charge in [-0.15, -0.1) is 0 Å². The number of benzene rings is 1. The molecule has 1 aromatic rings. The van der Waals surface area contributed by atoms with E-state index in [2.05, 4.69) is 10.6 Å². The number of carbonyl (C=O) groups excluding carboxylic acids is 3. The molecule has 4 amide bonds. The van der Waals surface area contributed by atoms with Gasteiger partial charge < -0.3 is 21.3 Å². The Hall–Kier alpha value is -2.57. The zero-order valence-electron chi connectivity index (χ0n) is 14.7. The van der Waals surface area contributed by atoms with Crippen LogP contribution in [0.5, 0.6) is 0 Å². The Morgan fingerprint density at radius 3 is 2.28 bits per heavy atom. The predicted octanol–water partition coefficient (Wildman–Crippen LogP) is 1.23. The average molecular weight is 346 g/mol. The molecule has 0 aromatic heterocycles. The molecule has 0 saturated carbocycles. The number of amides is 4. The van der Waals surface area contributed by atoms with Crippen LogP contribution in [-0.4, -0.2) is 41.9 Å². The van der Waals surface area contributed by atoms with E-state index in [0.717, 1.165) is 5.56 Å². The molecule has 7 heteroatoms. The minimum Gasteiger partial charge on any atom is -0.369 e. The third-order valence-corrected chi connectivity index (χ3v) is 4.26. The third-order valence-electron chi connectivity index (χ3n) is 4.26. The van der Waals surface area contributed by atoms with Crippen molar-refractivity contribution in [2.75, 3.05) is 13.1 Å². The first-order valence-corrected chi connectivity index (χ1v) is 8.58. The van der Waals surface area contributed by atoms with E-state index in [4.69, 9.17) is 5.73 Å². The Bertz CT molecular complexity index is 620. The highest BCUT2D eigenvalue weighted by Crippen LogP contribution is 2.19. The molecule has 136 valence electrons. The molecule has 1 saturated heterocycles. The van der Waals surface area contributed by atoms with Gasteiger partial charge in [0.2, 0.25) is 5.91 Å². The van der Waals surface area contributed by atoms with Crippen molar-refractivity contribution in [3.05, 3.63) is 35.4 Å². The van der Waals surface area contributed by atoms with Crippen LogP contribution in [0.3, 0.4) is 0 Å². The van der Waals surface area contributed by atoms with Crippen molar-refractivity contribution in [1.82, 2.24) is 15.5 Å². The van der Waals surface area contributed by atoms with E-state index in [1.807, 2.05) is 26.0 Å². The first-order chi connectivity index (χ1) is 11.9. The molecule has 0 unspecified atom stereocenters. The van der Waals surface area contributed by atoms with Gasteiger partial charge in [-0.25, -0.2) is 4.79 Å². The number of hydrogen-bond donors (Lipinski definition) is 3. The zero-order chi connectivity index (χ0) is 18.4. The van der Waals surface area contributed by atoms with Crippen LogP contribution in [0.4, 0.5) is 4.79 Å². The van der Waals surface area contributed by atoms with E-state index in [-0.39, 0.29) is 29.8 Å². The zero-order valence-corrected chi connectivity index (χ0v) is 14.7. The Labute approximate surface area is 147 Å². The van der Waals surface area contributed by atoms with Crippen molar-refractivity contribution < 1.29 is 14.4 Å². The van der Waals surface area contributed by atoms with Gasteiger partial charge in [-0.3, -0.25) is 9.59 Å². The molecule has 0 bridgehead atoms. The predicted molar refractivity (Wildman–Crippen MR) is 94.8 cm³/mol. The maximum Gasteiger partial charge on any atom is 0.315 e. The maximum atomic E-state index is 12.5. The summed E-state index contributed by atoms with van der Waals surface area (Å²) in [4.78, 5) is 37.0. The van der Waals surface area contributed by atoms with Crippen molar-refractivity contribution in [2.45, 2.75) is 39.3 Å². The van der Waals surface area contributed by atoms with Crippen LogP contribution in [0.15, 0.2) is 24.3 Å². The molecule has 1 heterocycles. The Morgan fingerprint density at radius 2 is 1.76 bits per heavy atom. The lowest BCUT2D eigenvalue weighted by molar-refractivity contribution is -0.123. The van der Waals surface area contributed by atoms with E-state index >= 15 is 0 Å². The normalized spacial score (nSPS) is 15.1. The number of primary amides is 1. The minimum atomic E-state index is -0.287. The second-order valence-corrected chi connectivity index (χ2v) is 6.65. The molecule has 1 aromatic carbocycles. The first kappa shape index (κ1) is 18.8. The molecule has 1 aliphatic rings. The molecule has 1 aliphatic heterocycles. The fourth-order valence-corrected chi connectivity index (χ4v) is 2.81. The number of nitrogens with one attached hydrogen (secondary N) is 2. The van der Waals surface area contributed by atoms with Gasteiger partial charge in [0.25, 0.3) is 5.91 Å². The number of nitrogens with two attached hydrogens (primary N) is 1. The van der Waals surface area contributed by atoms with Crippen molar-refractivity contribution in [1.29, 1.82) is 0 Å². The molecule has 7 nitrogen and oxygen atoms in total. The smallest absolute Gasteiger partial charge is 0.315 e. The summed E-state index contributed by atoms with van der Waals surface area (Å²) >= 11 is 0. The van der Waals surface area contributed by atoms with Gasteiger partial charge in [0.15, 0.2) is 0 Å². The Balaban J connectivity index is 1.86. The van der Waals surface area contributed by atoms with Gasteiger partial charge in [-0.05, 0) is 44.4 Å². The number of rotatable bonds is 5. The van der Waals surface area contributed by atoms with Gasteiger partial charge in [0.1, 0.15) is 0 Å². The van der Waals surface area contributed by atoms with Crippen molar-refractivity contribution in [3.63, 3.8) is 0 Å². The van der Waals surface area contributed by atoms with E-state index in [1.165, 1.54) is 0 Å². The minimum absolute atomic E-state index is 0.0417. The van der Waals surface area contributed by atoms with Gasteiger partial charge in [-0.1, -0.05) is 12.1 Å². The summed E-state index contributed by atoms with van der Waals surface area (Å²) in [7, 11) is 0. The summed E-state index contributed by atoms with van der Waals surface area (Å²) in [5.41, 5.74) is 6.84. The van der Waals surface area contributed by atoms with Crippen molar-refractivity contribution >= 4 is 17.8 Å². The maximum absolute atomic E-state index is 12.5. The Kier molecular flexibility index (Phi) is 6.38. The highest BCUT2D eigenvalue weighted by Gasteiger charge is 2.26. The summed E-state index contributed by atoms with van der Waals surface area (Å²) in [5.74, 6) is -0.458. The Morgan fingerprint density at radius 1 is 1.16 bits per heavy atom. The fourth-order valence-electron chi connectivity index (χ4n) is 2.81. The molecule has 1 fully saturated rings. The van der Waals surface area contributed by atoms with Gasteiger partial charge in [0, 0.05) is 37.2 Å². The van der Waals surface area contributed by atoms with E-state index in [0.29, 0.717) is 38.0 Å². The number of hydrogen-bond acceptors (Lipinski definition) is 3. The molecule has 0 spiro atoms. The number of nitrogens with zero attached hydrogens (tertiary/aromatic N) is 1. The van der Waals surface area contributed by atoms with Crippen LogP contribution in [-0.2, 0) is 11.3 Å². The number of piperidine rings is 1. The summed E-state index contributed by atoms with van der Waals surface area (Å²) in [6.45, 7) is 5.28. The van der Waals surface area contributed by atoms with Crippen molar-refractivity contribution in [2.24, 2.45) is 11.7 Å². The van der Waals surface area contributed by atoms with E-state index < -0.39 is 0 Å². The van der Waals surface area contributed by atoms with Crippen LogP contribution >= 0.6 is 0 Å². The summed E-state index contributed by atoms with van der Waals surface area (Å²) in [6, 6.07) is 7.06. The third kappa shape index (κ3) is 5.48. The SMILES string of the molecule is CC(C)NC(=O)NCc1ccc(C(=O)N2CCC(C(N)=O)CC2)cc1. The fraction of sp³-hybridized carbons (Fsp3) is 0.500. The standard InChI is InChI=1S/C18H26N4O3/c1-12(2)21-18(25)20-11-13-3-5-15(6-4-13)17(24)22-9-7-14(8-10-22)16(19)23/h3-6,12,14H,7-11H2,1-2H3,(H2,19,23)(H2,20,21,25). The summed E-state index contributed by atoms with van der Waals surface area (Å²) in [5, 5.41) is 5.52. The highest BCUT2D eigenvalue weighted by molar-refractivity contribution is 5.94. The lowest BCUT2D eigenvalue weighted by atomic mass is 9.96. The highest BCUT2D eigenvalue weighted by atomic mass is 16.2. The van der Waals surface area contributed by atoms with Gasteiger partial charge in [0.05, 0.1) is 0 Å². The quantitative estimate of drug-likeness (QED) is 0.747. The molecular weight excluding hydrogens is 320 g/mol. The number of urea groups is 1. The second-order valence-electron chi connectivity index (χ2n) is 6.65. The lowest BCUT2D eigenvalue weighted by Gasteiger charge is -2.30. The number of carbonyl (C=O) groups is 3. The van der Waals surface area contributed by atoms with Gasteiger partial charge >= 0.3 is 6.03 Å². The van der Waals surface area contributed by atoms with Crippen LogP contribution in [0.2, 0.25) is 0 Å². The topological polar surface area (TPSA) is 105 Å². The first-order valence-electron chi connectivity index (χ1n) is 8.58. The van der Waals surface area contributed by atoms with E-state index in [1.54, 1.807) is 17.0 Å². The second kappa shape index (κ2) is 8.50. The largest absolute Gasteiger partial charge is 0.369 e. The molecule has 0 atom stereocenters. The van der Waals surface area contributed by atoms with Crippen LogP contribution in [0, 0.1) is 5.92 Å². The summed E-state index contributed by atoms with van der Waals surface area (Å²) in [6.07, 6.45) is 1.24. The molecule has 0 radical (unpaired) electrons. The van der Waals surface area contributed by atoms with Gasteiger partial charge in [-0.2, -0.15) is 0 Å².